The highest BCUT2D eigenvalue weighted by Crippen LogP contribution is 2.29. The highest BCUT2D eigenvalue weighted by atomic mass is 19.1. The smallest absolute Gasteiger partial charge is 0.251 e. The van der Waals surface area contributed by atoms with Crippen LogP contribution >= 0.6 is 0 Å². The van der Waals surface area contributed by atoms with Crippen LogP contribution in [0.3, 0.4) is 0 Å². The number of ether oxygens (including phenoxy) is 2. The zero-order valence-electron chi connectivity index (χ0n) is 18.3. The second-order valence-corrected chi connectivity index (χ2v) is 8.20. The molecule has 0 bridgehead atoms. The van der Waals surface area contributed by atoms with Crippen LogP contribution in [-0.2, 0) is 13.1 Å². The van der Waals surface area contributed by atoms with Crippen molar-refractivity contribution in [1.29, 1.82) is 0 Å². The van der Waals surface area contributed by atoms with Gasteiger partial charge in [0.05, 0.1) is 29.1 Å². The van der Waals surface area contributed by atoms with Gasteiger partial charge in [0.1, 0.15) is 19.0 Å². The first-order valence-electron chi connectivity index (χ1n) is 11.0. The minimum atomic E-state index is -0.434. The molecule has 0 aliphatic carbocycles. The van der Waals surface area contributed by atoms with E-state index in [4.69, 9.17) is 9.47 Å². The Labute approximate surface area is 190 Å². The first kappa shape index (κ1) is 23.1. The third kappa shape index (κ3) is 5.29. The van der Waals surface area contributed by atoms with E-state index in [1.165, 1.54) is 18.3 Å². The summed E-state index contributed by atoms with van der Waals surface area (Å²) in [5.74, 6) is 1.03. The van der Waals surface area contributed by atoms with Crippen molar-refractivity contribution in [1.82, 2.24) is 24.8 Å². The van der Waals surface area contributed by atoms with E-state index in [2.05, 4.69) is 20.2 Å². The van der Waals surface area contributed by atoms with Gasteiger partial charge in [-0.25, -0.2) is 4.39 Å². The number of likely N-dealkylation sites (tertiary alicyclic amines) is 1. The second-order valence-electron chi connectivity index (χ2n) is 8.20. The molecule has 1 saturated heterocycles. The van der Waals surface area contributed by atoms with Crippen LogP contribution in [0.4, 0.5) is 4.39 Å². The Morgan fingerprint density at radius 1 is 1.03 bits per heavy atom. The number of hydrogen-bond acceptors (Lipinski definition) is 7. The van der Waals surface area contributed by atoms with Crippen LogP contribution in [0, 0.1) is 5.82 Å². The number of rotatable bonds is 6. The van der Waals surface area contributed by atoms with Crippen molar-refractivity contribution in [3.8, 4) is 11.5 Å². The molecule has 3 N–H and O–H groups in total. The fourth-order valence-corrected chi connectivity index (χ4v) is 4.31. The summed E-state index contributed by atoms with van der Waals surface area (Å²) in [7, 11) is 0. The van der Waals surface area contributed by atoms with Crippen LogP contribution in [0.15, 0.2) is 41.5 Å². The Morgan fingerprint density at radius 3 is 2.64 bits per heavy atom. The lowest BCUT2D eigenvalue weighted by atomic mass is 10.0. The van der Waals surface area contributed by atoms with Crippen molar-refractivity contribution in [2.24, 2.45) is 0 Å². The van der Waals surface area contributed by atoms with E-state index in [1.807, 2.05) is 6.07 Å². The lowest BCUT2D eigenvalue weighted by Gasteiger charge is -2.32. The Bertz CT molecular complexity index is 1160. The van der Waals surface area contributed by atoms with Gasteiger partial charge in [-0.05, 0) is 32.0 Å². The molecule has 3 aromatic heterocycles. The lowest BCUT2D eigenvalue weighted by Crippen LogP contribution is -2.43. The average molecular weight is 458 g/mol. The van der Waals surface area contributed by atoms with Crippen molar-refractivity contribution in [3.63, 3.8) is 0 Å². The summed E-state index contributed by atoms with van der Waals surface area (Å²) >= 11 is 0. The van der Waals surface area contributed by atoms with Crippen LogP contribution in [0.1, 0.15) is 18.5 Å². The third-order valence-corrected chi connectivity index (χ3v) is 6.09. The number of aromatic nitrogens is 3. The Morgan fingerprint density at radius 2 is 1.82 bits per heavy atom. The highest BCUT2D eigenvalue weighted by Gasteiger charge is 2.20. The molecule has 0 radical (unpaired) electrons. The average Bonchev–Trinajstić information content (AvgIpc) is 2.82. The fraction of sp³-hybridized carbons (Fsp3) is 0.435. The van der Waals surface area contributed by atoms with Crippen LogP contribution in [0.5, 0.6) is 11.5 Å². The molecule has 3 aromatic rings. The summed E-state index contributed by atoms with van der Waals surface area (Å²) in [5.41, 5.74) is 1.98. The molecule has 0 atom stereocenters. The number of nitrogens with zero attached hydrogens (tertiary/aromatic N) is 4. The quantitative estimate of drug-likeness (QED) is 0.590. The molecule has 0 spiro atoms. The maximum atomic E-state index is 13.7. The minimum Gasteiger partial charge on any atom is -0.486 e. The van der Waals surface area contributed by atoms with Gasteiger partial charge in [-0.2, -0.15) is 0 Å². The Kier molecular flexibility index (Phi) is 7.17. The van der Waals surface area contributed by atoms with Gasteiger partial charge in [0.25, 0.3) is 5.56 Å². The monoisotopic (exact) mass is 457 g/mol. The number of fused-ring (bicyclic) bond motifs is 2. The Hall–Kier alpha value is -3.08. The first-order chi connectivity index (χ1) is 15.7. The molecule has 10 heteroatoms. The molecular formula is C23H28FN5O4. The topological polar surface area (TPSA) is 113 Å². The van der Waals surface area contributed by atoms with E-state index in [0.29, 0.717) is 49.1 Å². The predicted octanol–water partition coefficient (Wildman–Crippen LogP) is 1.13. The van der Waals surface area contributed by atoms with Gasteiger partial charge < -0.3 is 29.7 Å². The van der Waals surface area contributed by atoms with Gasteiger partial charge in [-0.15, -0.1) is 0 Å². The number of nitrogens with one attached hydrogen (secondary N) is 1. The normalized spacial score (nSPS) is 16.5. The van der Waals surface area contributed by atoms with Crippen molar-refractivity contribution in [3.05, 3.63) is 58.5 Å². The lowest BCUT2D eigenvalue weighted by molar-refractivity contribution is 0.170. The zero-order valence-corrected chi connectivity index (χ0v) is 18.3. The SMILES string of the molecule is O.O=c1ccc2ncc(F)cc2n1CCN1CCC(NCc2cc3c(cn2)OCCO3)CC1. The van der Waals surface area contributed by atoms with Gasteiger partial charge in [0.2, 0.25) is 0 Å². The molecule has 176 valence electrons. The van der Waals surface area contributed by atoms with E-state index in [9.17, 15) is 9.18 Å². The highest BCUT2D eigenvalue weighted by molar-refractivity contribution is 5.74. The maximum Gasteiger partial charge on any atom is 0.251 e. The minimum absolute atomic E-state index is 0. The van der Waals surface area contributed by atoms with Crippen LogP contribution in [0.2, 0.25) is 0 Å². The Balaban J connectivity index is 0.00000259. The summed E-state index contributed by atoms with van der Waals surface area (Å²) in [6.07, 6.45) is 4.94. The number of pyridine rings is 3. The molecule has 0 aromatic carbocycles. The van der Waals surface area contributed by atoms with Crippen LogP contribution in [-0.4, -0.2) is 63.8 Å². The molecule has 33 heavy (non-hydrogen) atoms. The summed E-state index contributed by atoms with van der Waals surface area (Å²) in [5, 5.41) is 3.59. The van der Waals surface area contributed by atoms with E-state index in [1.54, 1.807) is 16.8 Å². The van der Waals surface area contributed by atoms with Gasteiger partial charge in [-0.3, -0.25) is 14.8 Å². The van der Waals surface area contributed by atoms with Gasteiger partial charge >= 0.3 is 0 Å². The predicted molar refractivity (Wildman–Crippen MR) is 121 cm³/mol. The fourth-order valence-electron chi connectivity index (χ4n) is 4.31. The molecule has 9 nitrogen and oxygen atoms in total. The number of halogens is 1. The zero-order chi connectivity index (χ0) is 21.9. The van der Waals surface area contributed by atoms with Crippen molar-refractivity contribution in [2.45, 2.75) is 32.0 Å². The summed E-state index contributed by atoms with van der Waals surface area (Å²) in [6, 6.07) is 6.87. The number of hydrogen-bond donors (Lipinski definition) is 1. The third-order valence-electron chi connectivity index (χ3n) is 6.09. The summed E-state index contributed by atoms with van der Waals surface area (Å²) in [4.78, 5) is 23.2. The van der Waals surface area contributed by atoms with Gasteiger partial charge in [0.15, 0.2) is 11.5 Å². The van der Waals surface area contributed by atoms with Crippen molar-refractivity contribution in [2.75, 3.05) is 32.8 Å². The second kappa shape index (κ2) is 10.2. The summed E-state index contributed by atoms with van der Waals surface area (Å²) in [6.45, 7) is 4.96. The van der Waals surface area contributed by atoms with Crippen molar-refractivity contribution >= 4 is 11.0 Å². The standard InChI is InChI=1S/C23H26FN5O3.H2O/c24-16-11-20-19(27-13-16)1-2-23(30)29(20)8-7-28-5-3-17(4-6-28)25-14-18-12-21-22(15-26-18)32-10-9-31-21;/h1-2,11-13,15,17,25H,3-10,14H2;1H2. The van der Waals surface area contributed by atoms with E-state index in [-0.39, 0.29) is 11.0 Å². The van der Waals surface area contributed by atoms with Gasteiger partial charge in [-0.1, -0.05) is 0 Å². The molecule has 0 amide bonds. The number of piperidine rings is 1. The molecule has 2 aliphatic rings. The van der Waals surface area contributed by atoms with Crippen LogP contribution < -0.4 is 20.3 Å². The van der Waals surface area contributed by atoms with E-state index in [0.717, 1.165) is 43.9 Å². The maximum absolute atomic E-state index is 13.7. The first-order valence-corrected chi connectivity index (χ1v) is 11.0. The molecule has 5 heterocycles. The molecule has 0 saturated carbocycles. The molecule has 1 fully saturated rings. The molecular weight excluding hydrogens is 429 g/mol. The van der Waals surface area contributed by atoms with E-state index >= 15 is 0 Å². The van der Waals surface area contributed by atoms with Crippen molar-refractivity contribution < 1.29 is 19.3 Å². The van der Waals surface area contributed by atoms with E-state index < -0.39 is 5.82 Å². The van der Waals surface area contributed by atoms with Gasteiger partial charge in [0, 0.05) is 43.9 Å². The largest absolute Gasteiger partial charge is 0.486 e. The van der Waals surface area contributed by atoms with Crippen LogP contribution in [0.25, 0.3) is 11.0 Å². The molecule has 0 unspecified atom stereocenters. The molecule has 2 aliphatic heterocycles. The molecule has 5 rings (SSSR count). The summed E-state index contributed by atoms with van der Waals surface area (Å²) < 4.78 is 26.4.